The van der Waals surface area contributed by atoms with Gasteiger partial charge in [-0.1, -0.05) is 30.3 Å². The van der Waals surface area contributed by atoms with Gasteiger partial charge in [0.25, 0.3) is 0 Å². The summed E-state index contributed by atoms with van der Waals surface area (Å²) in [6.07, 6.45) is 0. The molecule has 1 atom stereocenters. The first-order valence-corrected chi connectivity index (χ1v) is 9.03. The molecule has 2 aromatic carbocycles. The Morgan fingerprint density at radius 3 is 2.68 bits per heavy atom. The van der Waals surface area contributed by atoms with Crippen LogP contribution in [0.3, 0.4) is 0 Å². The van der Waals surface area contributed by atoms with Crippen molar-refractivity contribution >= 4 is 17.7 Å². The third kappa shape index (κ3) is 3.05. The topological polar surface area (TPSA) is 77.1 Å². The van der Waals surface area contributed by atoms with Crippen LogP contribution in [0.5, 0.6) is 11.5 Å². The van der Waals surface area contributed by atoms with E-state index in [-0.39, 0.29) is 19.4 Å². The Kier molecular flexibility index (Phi) is 4.65. The fourth-order valence-corrected chi connectivity index (χ4v) is 3.45. The van der Waals surface area contributed by atoms with Crippen molar-refractivity contribution in [2.45, 2.75) is 19.9 Å². The Bertz CT molecular complexity index is 955. The molecular weight excluding hydrogens is 360 g/mol. The Balaban J connectivity index is 1.81. The lowest BCUT2D eigenvalue weighted by Crippen LogP contribution is -2.48. The van der Waals surface area contributed by atoms with Crippen molar-refractivity contribution in [2.24, 2.45) is 0 Å². The fraction of sp³-hybridized carbons (Fsp3) is 0.238. The summed E-state index contributed by atoms with van der Waals surface area (Å²) < 4.78 is 16.0. The van der Waals surface area contributed by atoms with E-state index in [9.17, 15) is 9.59 Å². The number of urea groups is 1. The molecule has 0 spiro atoms. The molecule has 7 heteroatoms. The molecule has 28 heavy (non-hydrogen) atoms. The van der Waals surface area contributed by atoms with Gasteiger partial charge >= 0.3 is 12.0 Å². The van der Waals surface area contributed by atoms with Crippen molar-refractivity contribution in [3.63, 3.8) is 0 Å². The quantitative estimate of drug-likeness (QED) is 0.821. The summed E-state index contributed by atoms with van der Waals surface area (Å²) in [6, 6.07) is 13.6. The number of carbonyl (C=O) groups is 2. The van der Waals surface area contributed by atoms with Gasteiger partial charge in [0.2, 0.25) is 6.79 Å². The molecule has 4 rings (SSSR count). The molecule has 0 aliphatic carbocycles. The molecule has 1 N–H and O–H groups in total. The number of rotatable bonds is 4. The first kappa shape index (κ1) is 17.9. The third-order valence-corrected chi connectivity index (χ3v) is 4.73. The number of carbonyl (C=O) groups excluding carboxylic acids is 2. The van der Waals surface area contributed by atoms with Crippen LogP contribution in [-0.4, -0.2) is 25.4 Å². The molecule has 2 aliphatic rings. The van der Waals surface area contributed by atoms with E-state index in [2.05, 4.69) is 5.32 Å². The van der Waals surface area contributed by atoms with Crippen LogP contribution < -0.4 is 19.7 Å². The molecule has 0 bridgehead atoms. The van der Waals surface area contributed by atoms with Crippen LogP contribution in [0.25, 0.3) is 0 Å². The zero-order valence-electron chi connectivity index (χ0n) is 15.6. The average Bonchev–Trinajstić information content (AvgIpc) is 3.16. The number of benzene rings is 2. The van der Waals surface area contributed by atoms with E-state index in [0.29, 0.717) is 28.5 Å². The molecule has 0 fully saturated rings. The van der Waals surface area contributed by atoms with Crippen LogP contribution in [0.1, 0.15) is 25.5 Å². The number of nitrogens with one attached hydrogen (secondary N) is 1. The zero-order chi connectivity index (χ0) is 19.7. The van der Waals surface area contributed by atoms with Gasteiger partial charge in [-0.05, 0) is 31.5 Å². The second-order valence-electron chi connectivity index (χ2n) is 6.39. The lowest BCUT2D eigenvalue weighted by molar-refractivity contribution is -0.139. The van der Waals surface area contributed by atoms with Gasteiger partial charge < -0.3 is 19.5 Å². The van der Waals surface area contributed by atoms with Crippen LogP contribution >= 0.6 is 0 Å². The smallest absolute Gasteiger partial charge is 0.338 e. The van der Waals surface area contributed by atoms with Gasteiger partial charge in [0.05, 0.1) is 23.9 Å². The van der Waals surface area contributed by atoms with E-state index in [1.807, 2.05) is 30.3 Å². The summed E-state index contributed by atoms with van der Waals surface area (Å²) in [6.45, 7) is 3.88. The van der Waals surface area contributed by atoms with Crippen LogP contribution in [0.15, 0.2) is 59.8 Å². The van der Waals surface area contributed by atoms with Gasteiger partial charge in [-0.2, -0.15) is 0 Å². The Hall–Kier alpha value is -3.48. The molecule has 0 unspecified atom stereocenters. The molecule has 0 aromatic heterocycles. The normalized spacial score (nSPS) is 18.1. The summed E-state index contributed by atoms with van der Waals surface area (Å²) >= 11 is 0. The summed E-state index contributed by atoms with van der Waals surface area (Å²) in [7, 11) is 0. The number of esters is 1. The largest absolute Gasteiger partial charge is 0.463 e. The number of hydrogen-bond acceptors (Lipinski definition) is 5. The Morgan fingerprint density at radius 1 is 1.18 bits per heavy atom. The number of anilines is 1. The number of allylic oxidation sites excluding steroid dienone is 1. The van der Waals surface area contributed by atoms with Crippen molar-refractivity contribution in [3.8, 4) is 11.5 Å². The minimum Gasteiger partial charge on any atom is -0.463 e. The van der Waals surface area contributed by atoms with Gasteiger partial charge in [0.1, 0.15) is 0 Å². The van der Waals surface area contributed by atoms with Crippen LogP contribution in [0, 0.1) is 0 Å². The highest BCUT2D eigenvalue weighted by Crippen LogP contribution is 2.39. The molecule has 0 saturated carbocycles. The van der Waals surface area contributed by atoms with Gasteiger partial charge in [-0.3, -0.25) is 4.90 Å². The second-order valence-corrected chi connectivity index (χ2v) is 6.39. The summed E-state index contributed by atoms with van der Waals surface area (Å²) in [5, 5.41) is 2.92. The number of ether oxygens (including phenoxy) is 3. The van der Waals surface area contributed by atoms with E-state index in [1.54, 1.807) is 32.0 Å². The van der Waals surface area contributed by atoms with Crippen LogP contribution in [0.2, 0.25) is 0 Å². The van der Waals surface area contributed by atoms with Crippen molar-refractivity contribution in [1.29, 1.82) is 0 Å². The van der Waals surface area contributed by atoms with E-state index in [0.717, 1.165) is 5.56 Å². The molecule has 2 amide bonds. The number of fused-ring (bicyclic) bond motifs is 1. The zero-order valence-corrected chi connectivity index (χ0v) is 15.6. The van der Waals surface area contributed by atoms with Crippen molar-refractivity contribution < 1.29 is 23.8 Å². The lowest BCUT2D eigenvalue weighted by Gasteiger charge is -2.35. The predicted octanol–water partition coefficient (Wildman–Crippen LogP) is 3.52. The van der Waals surface area contributed by atoms with Gasteiger partial charge in [0, 0.05) is 11.8 Å². The van der Waals surface area contributed by atoms with E-state index >= 15 is 0 Å². The molecule has 144 valence electrons. The van der Waals surface area contributed by atoms with Gasteiger partial charge in [-0.15, -0.1) is 0 Å². The summed E-state index contributed by atoms with van der Waals surface area (Å²) in [4.78, 5) is 27.2. The van der Waals surface area contributed by atoms with Crippen molar-refractivity contribution in [2.75, 3.05) is 18.3 Å². The van der Waals surface area contributed by atoms with Crippen molar-refractivity contribution in [1.82, 2.24) is 5.32 Å². The van der Waals surface area contributed by atoms with E-state index in [4.69, 9.17) is 14.2 Å². The highest BCUT2D eigenvalue weighted by atomic mass is 16.7. The number of hydrogen-bond donors (Lipinski definition) is 1. The first-order chi connectivity index (χ1) is 13.6. The lowest BCUT2D eigenvalue weighted by atomic mass is 9.94. The number of nitrogens with zero attached hydrogens (tertiary/aromatic N) is 1. The summed E-state index contributed by atoms with van der Waals surface area (Å²) in [5.41, 5.74) is 2.29. The molecule has 0 saturated heterocycles. The molecule has 2 aromatic rings. The molecule has 2 aliphatic heterocycles. The number of amides is 2. The first-order valence-electron chi connectivity index (χ1n) is 9.03. The molecular formula is C21H20N2O5. The highest BCUT2D eigenvalue weighted by Gasteiger charge is 2.37. The predicted molar refractivity (Wildman–Crippen MR) is 102 cm³/mol. The second kappa shape index (κ2) is 7.26. The summed E-state index contributed by atoms with van der Waals surface area (Å²) in [5.74, 6) is 0.719. The molecule has 0 radical (unpaired) electrons. The highest BCUT2D eigenvalue weighted by molar-refractivity contribution is 6.03. The monoisotopic (exact) mass is 380 g/mol. The Morgan fingerprint density at radius 2 is 1.93 bits per heavy atom. The van der Waals surface area contributed by atoms with E-state index in [1.165, 1.54) is 4.90 Å². The minimum atomic E-state index is -0.585. The average molecular weight is 380 g/mol. The third-order valence-electron chi connectivity index (χ3n) is 4.73. The Labute approximate surface area is 162 Å². The van der Waals surface area contributed by atoms with Crippen LogP contribution in [0.4, 0.5) is 10.5 Å². The maximum absolute atomic E-state index is 13.0. The maximum Gasteiger partial charge on any atom is 0.338 e. The standard InChI is InChI=1S/C21H20N2O5/c1-3-26-20(24)18-13(2)23(15-9-10-16-17(11-15)28-12-27-16)21(25)22-19(18)14-7-5-4-6-8-14/h4-11,19H,3,12H2,1-2H3,(H,22,25)/t19-/m1/s1. The van der Waals surface area contributed by atoms with Crippen molar-refractivity contribution in [3.05, 3.63) is 65.4 Å². The molecule has 2 heterocycles. The van der Waals surface area contributed by atoms with Gasteiger partial charge in [0.15, 0.2) is 11.5 Å². The fourth-order valence-electron chi connectivity index (χ4n) is 3.45. The van der Waals surface area contributed by atoms with Gasteiger partial charge in [-0.25, -0.2) is 9.59 Å². The minimum absolute atomic E-state index is 0.143. The van der Waals surface area contributed by atoms with Crippen LogP contribution in [-0.2, 0) is 9.53 Å². The SMILES string of the molecule is CCOC(=O)C1=C(C)N(c2ccc3c(c2)OCO3)C(=O)N[C@@H]1c1ccccc1. The molecule has 7 nitrogen and oxygen atoms in total. The van der Waals surface area contributed by atoms with E-state index < -0.39 is 12.0 Å². The maximum atomic E-state index is 13.0.